The Hall–Kier alpha value is -6.44. The summed E-state index contributed by atoms with van der Waals surface area (Å²) >= 11 is 0. The summed E-state index contributed by atoms with van der Waals surface area (Å²) in [6, 6.07) is 49.4. The highest BCUT2D eigenvalue weighted by atomic mass is 15.0. The Bertz CT molecular complexity index is 2600. The molecule has 0 saturated carbocycles. The molecule has 0 fully saturated rings. The average molecular weight is 643 g/mol. The van der Waals surface area contributed by atoms with E-state index >= 15 is 0 Å². The van der Waals surface area contributed by atoms with Crippen molar-refractivity contribution < 1.29 is 0 Å². The lowest BCUT2D eigenvalue weighted by Crippen LogP contribution is -2.05. The minimum Gasteiger partial charge on any atom is -0.308 e. The van der Waals surface area contributed by atoms with Crippen LogP contribution in [0.4, 0.5) is 0 Å². The van der Waals surface area contributed by atoms with Crippen LogP contribution in [0.3, 0.4) is 0 Å². The van der Waals surface area contributed by atoms with Crippen LogP contribution in [0.1, 0.15) is 27.8 Å². The molecule has 238 valence electrons. The fourth-order valence-corrected chi connectivity index (χ4v) is 8.03. The molecule has 0 saturated heterocycles. The molecule has 50 heavy (non-hydrogen) atoms. The van der Waals surface area contributed by atoms with Crippen LogP contribution in [-0.4, -0.2) is 14.1 Å². The highest BCUT2D eigenvalue weighted by Gasteiger charge is 2.24. The van der Waals surface area contributed by atoms with Crippen molar-refractivity contribution in [3.05, 3.63) is 161 Å². The molecule has 3 aromatic heterocycles. The summed E-state index contributed by atoms with van der Waals surface area (Å²) in [4.78, 5) is 5.22. The van der Waals surface area contributed by atoms with Crippen molar-refractivity contribution in [1.82, 2.24) is 14.1 Å². The van der Waals surface area contributed by atoms with Crippen LogP contribution in [0.5, 0.6) is 0 Å². The summed E-state index contributed by atoms with van der Waals surface area (Å²) in [5.41, 5.74) is 15.2. The second-order valence-corrected chi connectivity index (χ2v) is 13.3. The minimum atomic E-state index is 0.608. The van der Waals surface area contributed by atoms with Crippen LogP contribution in [-0.2, 0) is 0 Å². The number of benzene rings is 6. The first-order chi connectivity index (χ1) is 24.4. The van der Waals surface area contributed by atoms with Crippen molar-refractivity contribution in [2.24, 2.45) is 0 Å². The summed E-state index contributed by atoms with van der Waals surface area (Å²) in [7, 11) is 0. The van der Waals surface area contributed by atoms with Gasteiger partial charge in [0.05, 0.1) is 44.8 Å². The molecule has 0 atom stereocenters. The molecule has 3 heterocycles. The van der Waals surface area contributed by atoms with Gasteiger partial charge in [0, 0.05) is 32.7 Å². The number of rotatable bonds is 4. The zero-order valence-electron chi connectivity index (χ0n) is 28.5. The number of pyridine rings is 1. The smallest absolute Gasteiger partial charge is 0.104 e. The maximum absolute atomic E-state index is 11.3. The SMILES string of the molecule is Cc1cccc2c1c1c(C)cccc1n2-c1cc(-c2cccc(-c3ccccc3)n2)cc(-n2c3cccc(C)c3c3c(C)cccc32)c1C#N. The topological polar surface area (TPSA) is 46.5 Å². The van der Waals surface area contributed by atoms with Crippen molar-refractivity contribution in [2.75, 3.05) is 0 Å². The third kappa shape index (κ3) is 4.34. The first-order valence-electron chi connectivity index (χ1n) is 17.0. The van der Waals surface area contributed by atoms with Gasteiger partial charge in [-0.3, -0.25) is 0 Å². The zero-order chi connectivity index (χ0) is 34.1. The van der Waals surface area contributed by atoms with Gasteiger partial charge in [-0.25, -0.2) is 4.98 Å². The van der Waals surface area contributed by atoms with E-state index < -0.39 is 0 Å². The normalized spacial score (nSPS) is 11.6. The predicted octanol–water partition coefficient (Wildman–Crippen LogP) is 11.7. The van der Waals surface area contributed by atoms with E-state index in [2.05, 4.69) is 158 Å². The lowest BCUT2D eigenvalue weighted by atomic mass is 10.0. The Labute approximate surface area is 291 Å². The second kappa shape index (κ2) is 11.3. The summed E-state index contributed by atoms with van der Waals surface area (Å²) in [5, 5.41) is 16.1. The Kier molecular flexibility index (Phi) is 6.72. The predicted molar refractivity (Wildman–Crippen MR) is 207 cm³/mol. The molecule has 0 aliphatic heterocycles. The molecule has 0 aliphatic carbocycles. The third-order valence-electron chi connectivity index (χ3n) is 10.3. The van der Waals surface area contributed by atoms with Crippen LogP contribution in [0.2, 0.25) is 0 Å². The van der Waals surface area contributed by atoms with Crippen molar-refractivity contribution in [2.45, 2.75) is 27.7 Å². The molecule has 9 rings (SSSR count). The highest BCUT2D eigenvalue weighted by Crippen LogP contribution is 2.42. The van der Waals surface area contributed by atoms with Gasteiger partial charge in [0.25, 0.3) is 0 Å². The Morgan fingerprint density at radius 2 is 0.820 bits per heavy atom. The Morgan fingerprint density at radius 3 is 1.22 bits per heavy atom. The molecule has 0 N–H and O–H groups in total. The van der Waals surface area contributed by atoms with Gasteiger partial charge in [-0.1, -0.05) is 84.9 Å². The van der Waals surface area contributed by atoms with Crippen molar-refractivity contribution in [1.29, 1.82) is 5.26 Å². The van der Waals surface area contributed by atoms with Gasteiger partial charge in [-0.15, -0.1) is 0 Å². The van der Waals surface area contributed by atoms with Gasteiger partial charge in [-0.2, -0.15) is 5.26 Å². The van der Waals surface area contributed by atoms with Crippen LogP contribution < -0.4 is 0 Å². The highest BCUT2D eigenvalue weighted by molar-refractivity contribution is 6.14. The monoisotopic (exact) mass is 642 g/mol. The fourth-order valence-electron chi connectivity index (χ4n) is 8.03. The summed E-state index contributed by atoms with van der Waals surface area (Å²) < 4.78 is 4.59. The molecule has 0 unspecified atom stereocenters. The molecule has 4 nitrogen and oxygen atoms in total. The number of aromatic nitrogens is 3. The number of hydrogen-bond acceptors (Lipinski definition) is 2. The van der Waals surface area contributed by atoms with Gasteiger partial charge in [-0.05, 0) is 98.5 Å². The van der Waals surface area contributed by atoms with Gasteiger partial charge in [0.1, 0.15) is 11.6 Å². The van der Waals surface area contributed by atoms with Crippen molar-refractivity contribution in [3.63, 3.8) is 0 Å². The quantitative estimate of drug-likeness (QED) is 0.192. The third-order valence-corrected chi connectivity index (χ3v) is 10.3. The zero-order valence-corrected chi connectivity index (χ0v) is 28.5. The summed E-state index contributed by atoms with van der Waals surface area (Å²) in [6.07, 6.45) is 0. The molecule has 4 heteroatoms. The van der Waals surface area contributed by atoms with Gasteiger partial charge in [0.2, 0.25) is 0 Å². The van der Waals surface area contributed by atoms with Crippen molar-refractivity contribution >= 4 is 43.6 Å². The van der Waals surface area contributed by atoms with Gasteiger partial charge >= 0.3 is 0 Å². The average Bonchev–Trinajstić information content (AvgIpc) is 3.67. The molecule has 0 bridgehead atoms. The fraction of sp³-hybridized carbons (Fsp3) is 0.0870. The number of fused-ring (bicyclic) bond motifs is 6. The second-order valence-electron chi connectivity index (χ2n) is 13.3. The van der Waals surface area contributed by atoms with E-state index in [-0.39, 0.29) is 0 Å². The van der Waals surface area contributed by atoms with Crippen LogP contribution in [0.25, 0.3) is 77.5 Å². The lowest BCUT2D eigenvalue weighted by Gasteiger charge is -2.18. The van der Waals surface area contributed by atoms with Crippen LogP contribution >= 0.6 is 0 Å². The van der Waals surface area contributed by atoms with E-state index in [0.717, 1.165) is 56.0 Å². The van der Waals surface area contributed by atoms with E-state index in [1.165, 1.54) is 43.8 Å². The van der Waals surface area contributed by atoms with Crippen LogP contribution in [0, 0.1) is 39.0 Å². The van der Waals surface area contributed by atoms with E-state index in [1.54, 1.807) is 0 Å². The standard InChI is InChI=1S/C46H34N4/c1-28-13-8-21-37-43(28)44-29(2)14-9-22-38(44)49(37)41-25-33(36-20-12-19-35(48-36)32-17-6-5-7-18-32)26-42(34(41)27-47)50-39-23-10-15-30(3)45(39)46-31(4)16-11-24-40(46)50/h5-26H,1-4H3. The molecule has 0 aliphatic rings. The first kappa shape index (κ1) is 29.7. The molecule has 9 aromatic rings. The molecule has 0 radical (unpaired) electrons. The largest absolute Gasteiger partial charge is 0.308 e. The van der Waals surface area contributed by atoms with E-state index in [1.807, 2.05) is 18.2 Å². The first-order valence-corrected chi connectivity index (χ1v) is 17.0. The number of hydrogen-bond donors (Lipinski definition) is 0. The number of nitriles is 1. The Morgan fingerprint density at radius 1 is 0.440 bits per heavy atom. The molecule has 0 amide bonds. The van der Waals surface area contributed by atoms with E-state index in [4.69, 9.17) is 4.98 Å². The van der Waals surface area contributed by atoms with Crippen LogP contribution in [0.15, 0.2) is 133 Å². The van der Waals surface area contributed by atoms with Gasteiger partial charge in [0.15, 0.2) is 0 Å². The van der Waals surface area contributed by atoms with Gasteiger partial charge < -0.3 is 9.13 Å². The summed E-state index contributed by atoms with van der Waals surface area (Å²) in [6.45, 7) is 8.70. The Balaban J connectivity index is 1.46. The summed E-state index contributed by atoms with van der Waals surface area (Å²) in [5.74, 6) is 0. The maximum atomic E-state index is 11.3. The lowest BCUT2D eigenvalue weighted by molar-refractivity contribution is 1.11. The van der Waals surface area contributed by atoms with E-state index in [9.17, 15) is 5.26 Å². The minimum absolute atomic E-state index is 0.608. The maximum Gasteiger partial charge on any atom is 0.104 e. The molecular weight excluding hydrogens is 609 g/mol. The van der Waals surface area contributed by atoms with Crippen molar-refractivity contribution in [3.8, 4) is 40.0 Å². The molecule has 6 aromatic carbocycles. The number of nitrogens with zero attached hydrogens (tertiary/aromatic N) is 4. The molecule has 0 spiro atoms. The molecular formula is C46H34N4. The number of aryl methyl sites for hydroxylation is 4. The van der Waals surface area contributed by atoms with E-state index in [0.29, 0.717) is 5.56 Å².